The van der Waals surface area contributed by atoms with Gasteiger partial charge in [0, 0.05) is 25.0 Å². The molecule has 0 amide bonds. The van der Waals surface area contributed by atoms with Crippen molar-refractivity contribution in [2.45, 2.75) is 6.42 Å². The summed E-state index contributed by atoms with van der Waals surface area (Å²) in [4.78, 5) is 2.28. The van der Waals surface area contributed by atoms with E-state index >= 15 is 0 Å². The first-order valence-corrected chi connectivity index (χ1v) is 6.66. The first kappa shape index (κ1) is 12.4. The third kappa shape index (κ3) is 4.14. The summed E-state index contributed by atoms with van der Waals surface area (Å²) in [5.74, 6) is 1.17. The minimum Gasteiger partial charge on any atom is -0.374 e. The molecule has 1 aromatic carbocycles. The van der Waals surface area contributed by atoms with Gasteiger partial charge < -0.3 is 10.6 Å². The summed E-state index contributed by atoms with van der Waals surface area (Å²) < 4.78 is 0. The number of benzene rings is 1. The molecule has 1 aromatic rings. The fourth-order valence-corrected chi connectivity index (χ4v) is 1.90. The van der Waals surface area contributed by atoms with Crippen molar-refractivity contribution >= 4 is 17.4 Å². The van der Waals surface area contributed by atoms with Crippen molar-refractivity contribution in [2.75, 3.05) is 37.0 Å². The van der Waals surface area contributed by atoms with Gasteiger partial charge in [-0.1, -0.05) is 12.1 Å². The van der Waals surface area contributed by atoms with Gasteiger partial charge in [0.1, 0.15) is 0 Å². The third-order valence-electron chi connectivity index (χ3n) is 2.44. The lowest BCUT2D eigenvalue weighted by Gasteiger charge is -2.18. The summed E-state index contributed by atoms with van der Waals surface area (Å²) in [6, 6.07) is 8.67. The Bertz CT molecular complexity index is 271. The largest absolute Gasteiger partial charge is 0.374 e. The first-order chi connectivity index (χ1) is 7.27. The lowest BCUT2D eigenvalue weighted by molar-refractivity contribution is 0.957. The van der Waals surface area contributed by atoms with Crippen LogP contribution in [0.25, 0.3) is 0 Å². The number of anilines is 1. The monoisotopic (exact) mass is 224 g/mol. The highest BCUT2D eigenvalue weighted by Gasteiger charge is 1.99. The number of nitrogens with two attached hydrogens (primary N) is 1. The highest BCUT2D eigenvalue weighted by molar-refractivity contribution is 7.98. The third-order valence-corrected chi connectivity index (χ3v) is 3.03. The maximum absolute atomic E-state index is 5.51. The van der Waals surface area contributed by atoms with Crippen LogP contribution in [0.3, 0.4) is 0 Å². The molecule has 0 aliphatic carbocycles. The van der Waals surface area contributed by atoms with E-state index in [1.807, 2.05) is 11.8 Å². The molecular formula is C12H20N2S. The van der Waals surface area contributed by atoms with Crippen molar-refractivity contribution in [3.8, 4) is 0 Å². The summed E-state index contributed by atoms with van der Waals surface area (Å²) in [7, 11) is 2.13. The molecule has 0 radical (unpaired) electrons. The zero-order valence-electron chi connectivity index (χ0n) is 9.57. The molecule has 0 heterocycles. The zero-order chi connectivity index (χ0) is 11.1. The van der Waals surface area contributed by atoms with Gasteiger partial charge in [-0.25, -0.2) is 0 Å². The van der Waals surface area contributed by atoms with Crippen molar-refractivity contribution in [1.29, 1.82) is 0 Å². The molecule has 1 rings (SSSR count). The molecule has 84 valence electrons. The van der Waals surface area contributed by atoms with Gasteiger partial charge in [0.05, 0.1) is 0 Å². The Morgan fingerprint density at radius 2 is 1.93 bits per heavy atom. The lowest BCUT2D eigenvalue weighted by Crippen LogP contribution is -2.20. The molecule has 0 saturated heterocycles. The topological polar surface area (TPSA) is 29.3 Å². The van der Waals surface area contributed by atoms with Crippen LogP contribution in [0, 0.1) is 0 Å². The van der Waals surface area contributed by atoms with Crippen LogP contribution >= 0.6 is 11.8 Å². The van der Waals surface area contributed by atoms with Crippen LogP contribution in [-0.4, -0.2) is 32.1 Å². The number of hydrogen-bond acceptors (Lipinski definition) is 3. The van der Waals surface area contributed by atoms with E-state index in [-0.39, 0.29) is 0 Å². The predicted octanol–water partition coefficient (Wildman–Crippen LogP) is 1.99. The summed E-state index contributed by atoms with van der Waals surface area (Å²) in [6.07, 6.45) is 3.10. The first-order valence-electron chi connectivity index (χ1n) is 5.27. The highest BCUT2D eigenvalue weighted by Crippen LogP contribution is 2.14. The molecule has 0 spiro atoms. The molecule has 0 fully saturated rings. The summed E-state index contributed by atoms with van der Waals surface area (Å²) in [5.41, 5.74) is 8.11. The van der Waals surface area contributed by atoms with E-state index in [0.717, 1.165) is 19.5 Å². The molecule has 0 aliphatic rings. The van der Waals surface area contributed by atoms with Crippen LogP contribution in [-0.2, 0) is 6.42 Å². The van der Waals surface area contributed by atoms with Crippen LogP contribution in [0.1, 0.15) is 5.56 Å². The fourth-order valence-electron chi connectivity index (χ4n) is 1.44. The molecule has 2 nitrogen and oxygen atoms in total. The summed E-state index contributed by atoms with van der Waals surface area (Å²) in [5, 5.41) is 0. The van der Waals surface area contributed by atoms with Gasteiger partial charge in [0.15, 0.2) is 0 Å². The average molecular weight is 224 g/mol. The molecule has 0 unspecified atom stereocenters. The summed E-state index contributed by atoms with van der Waals surface area (Å²) in [6.45, 7) is 1.82. The van der Waals surface area contributed by atoms with Crippen molar-refractivity contribution in [2.24, 2.45) is 5.73 Å². The summed E-state index contributed by atoms with van der Waals surface area (Å²) >= 11 is 1.88. The van der Waals surface area contributed by atoms with Gasteiger partial charge in [0.2, 0.25) is 0 Å². The second-order valence-electron chi connectivity index (χ2n) is 3.62. The smallest absolute Gasteiger partial charge is 0.0364 e. The van der Waals surface area contributed by atoms with Crippen LogP contribution in [0.4, 0.5) is 5.69 Å². The lowest BCUT2D eigenvalue weighted by atomic mass is 10.1. The number of rotatable bonds is 6. The number of hydrogen-bond donors (Lipinski definition) is 1. The minimum absolute atomic E-state index is 0.724. The molecular weight excluding hydrogens is 204 g/mol. The maximum atomic E-state index is 5.51. The van der Waals surface area contributed by atoms with Gasteiger partial charge in [-0.3, -0.25) is 0 Å². The standard InChI is InChI=1S/C12H20N2S/c1-14(9-10-15-2)12-5-3-11(4-6-12)7-8-13/h3-6H,7-10,13H2,1-2H3. The van der Waals surface area contributed by atoms with E-state index in [1.54, 1.807) is 0 Å². The second kappa shape index (κ2) is 6.75. The van der Waals surface area contributed by atoms with Crippen molar-refractivity contribution in [3.05, 3.63) is 29.8 Å². The molecule has 0 bridgehead atoms. The second-order valence-corrected chi connectivity index (χ2v) is 4.61. The SMILES string of the molecule is CSCCN(C)c1ccc(CCN)cc1. The zero-order valence-corrected chi connectivity index (χ0v) is 10.4. The normalized spacial score (nSPS) is 10.3. The van der Waals surface area contributed by atoms with Gasteiger partial charge in [-0.2, -0.15) is 11.8 Å². The Kier molecular flexibility index (Phi) is 5.58. The van der Waals surface area contributed by atoms with E-state index in [4.69, 9.17) is 5.73 Å². The highest BCUT2D eigenvalue weighted by atomic mass is 32.2. The van der Waals surface area contributed by atoms with E-state index in [2.05, 4.69) is 42.5 Å². The van der Waals surface area contributed by atoms with Gasteiger partial charge in [-0.05, 0) is 36.9 Å². The Morgan fingerprint density at radius 1 is 1.27 bits per heavy atom. The fraction of sp³-hybridized carbons (Fsp3) is 0.500. The van der Waals surface area contributed by atoms with E-state index in [1.165, 1.54) is 17.0 Å². The Labute approximate surface area is 96.8 Å². The molecule has 0 saturated carbocycles. The molecule has 2 N–H and O–H groups in total. The van der Waals surface area contributed by atoms with Crippen LogP contribution in [0.2, 0.25) is 0 Å². The van der Waals surface area contributed by atoms with E-state index < -0.39 is 0 Å². The molecule has 0 aromatic heterocycles. The average Bonchev–Trinajstić information content (AvgIpc) is 2.27. The molecule has 3 heteroatoms. The van der Waals surface area contributed by atoms with Gasteiger partial charge in [-0.15, -0.1) is 0 Å². The number of thioether (sulfide) groups is 1. The Hall–Kier alpha value is -0.670. The van der Waals surface area contributed by atoms with Crippen LogP contribution in [0.15, 0.2) is 24.3 Å². The maximum Gasteiger partial charge on any atom is 0.0364 e. The number of nitrogens with zero attached hydrogens (tertiary/aromatic N) is 1. The van der Waals surface area contributed by atoms with Crippen molar-refractivity contribution in [1.82, 2.24) is 0 Å². The minimum atomic E-state index is 0.724. The Morgan fingerprint density at radius 3 is 2.47 bits per heavy atom. The quantitative estimate of drug-likeness (QED) is 0.801. The Balaban J connectivity index is 2.54. The van der Waals surface area contributed by atoms with Crippen molar-refractivity contribution < 1.29 is 0 Å². The molecule has 0 atom stereocenters. The van der Waals surface area contributed by atoms with Crippen molar-refractivity contribution in [3.63, 3.8) is 0 Å². The molecule has 0 aliphatic heterocycles. The van der Waals surface area contributed by atoms with Crippen LogP contribution < -0.4 is 10.6 Å². The van der Waals surface area contributed by atoms with Gasteiger partial charge >= 0.3 is 0 Å². The predicted molar refractivity (Wildman–Crippen MR) is 70.9 cm³/mol. The van der Waals surface area contributed by atoms with Crippen LogP contribution in [0.5, 0.6) is 0 Å². The molecule has 15 heavy (non-hydrogen) atoms. The van der Waals surface area contributed by atoms with E-state index in [9.17, 15) is 0 Å². The van der Waals surface area contributed by atoms with E-state index in [0.29, 0.717) is 0 Å². The van der Waals surface area contributed by atoms with Gasteiger partial charge in [0.25, 0.3) is 0 Å².